The molecular formula is C10H13IN2O2. The number of carbonyl (C=O) groups excluding carboxylic acids is 1. The van der Waals surface area contributed by atoms with Crippen LogP contribution in [-0.4, -0.2) is 17.7 Å². The zero-order valence-corrected chi connectivity index (χ0v) is 10.8. The lowest BCUT2D eigenvalue weighted by Gasteiger charge is -2.07. The fraction of sp³-hybridized carbons (Fsp3) is 0.400. The molecule has 5 heteroatoms. The van der Waals surface area contributed by atoms with Gasteiger partial charge < -0.3 is 4.74 Å². The van der Waals surface area contributed by atoms with Crippen molar-refractivity contribution in [2.75, 3.05) is 11.9 Å². The van der Waals surface area contributed by atoms with Crippen molar-refractivity contribution in [2.24, 2.45) is 5.92 Å². The van der Waals surface area contributed by atoms with E-state index in [0.29, 0.717) is 18.3 Å². The Hall–Kier alpha value is -0.850. The van der Waals surface area contributed by atoms with Crippen LogP contribution in [0.5, 0.6) is 0 Å². The van der Waals surface area contributed by atoms with Gasteiger partial charge in [0.05, 0.1) is 6.61 Å². The van der Waals surface area contributed by atoms with Crippen molar-refractivity contribution in [1.82, 2.24) is 4.98 Å². The number of carbonyl (C=O) groups is 1. The molecule has 0 aromatic carbocycles. The number of hydrogen-bond donors (Lipinski definition) is 1. The molecule has 0 aliphatic rings. The molecule has 0 spiro atoms. The Balaban J connectivity index is 2.41. The largest absolute Gasteiger partial charge is 0.449 e. The van der Waals surface area contributed by atoms with Crippen LogP contribution in [0.25, 0.3) is 0 Å². The van der Waals surface area contributed by atoms with Crippen molar-refractivity contribution in [3.05, 3.63) is 21.9 Å². The molecule has 0 bridgehead atoms. The Bertz CT molecular complexity index is 325. The summed E-state index contributed by atoms with van der Waals surface area (Å²) < 4.78 is 5.97. The predicted octanol–water partition coefficient (Wildman–Crippen LogP) is 2.89. The van der Waals surface area contributed by atoms with E-state index in [4.69, 9.17) is 4.74 Å². The van der Waals surface area contributed by atoms with E-state index < -0.39 is 6.09 Å². The average molecular weight is 320 g/mol. The van der Waals surface area contributed by atoms with Gasteiger partial charge in [0.15, 0.2) is 0 Å². The fourth-order valence-electron chi connectivity index (χ4n) is 0.833. The minimum atomic E-state index is -0.461. The van der Waals surface area contributed by atoms with Crippen molar-refractivity contribution < 1.29 is 9.53 Å². The molecule has 1 aromatic heterocycles. The molecular weight excluding hydrogens is 307 g/mol. The summed E-state index contributed by atoms with van der Waals surface area (Å²) in [5.74, 6) is 0.838. The standard InChI is InChI=1S/C10H13IN2O2/c1-7(2)6-15-10(14)13-9-4-3-8(11)5-12-9/h3-5,7H,6H2,1-2H3,(H,12,13,14). The van der Waals surface area contributed by atoms with E-state index >= 15 is 0 Å². The molecule has 82 valence electrons. The molecule has 0 saturated carbocycles. The summed E-state index contributed by atoms with van der Waals surface area (Å²) in [6.07, 6.45) is 1.22. The lowest BCUT2D eigenvalue weighted by atomic mass is 10.2. The summed E-state index contributed by atoms with van der Waals surface area (Å²) in [4.78, 5) is 15.3. The van der Waals surface area contributed by atoms with E-state index in [2.05, 4.69) is 32.9 Å². The Morgan fingerprint density at radius 3 is 2.87 bits per heavy atom. The molecule has 0 unspecified atom stereocenters. The molecule has 1 rings (SSSR count). The van der Waals surface area contributed by atoms with Crippen molar-refractivity contribution in [3.8, 4) is 0 Å². The van der Waals surface area contributed by atoms with E-state index in [-0.39, 0.29) is 0 Å². The minimum absolute atomic E-state index is 0.334. The Labute approximate surface area is 103 Å². The van der Waals surface area contributed by atoms with E-state index in [0.717, 1.165) is 3.57 Å². The van der Waals surface area contributed by atoms with Gasteiger partial charge in [0.25, 0.3) is 0 Å². The maximum atomic E-state index is 11.2. The quantitative estimate of drug-likeness (QED) is 0.871. The number of nitrogens with one attached hydrogen (secondary N) is 1. The van der Waals surface area contributed by atoms with Crippen LogP contribution in [0.15, 0.2) is 18.3 Å². The minimum Gasteiger partial charge on any atom is -0.449 e. The average Bonchev–Trinajstić information content (AvgIpc) is 2.19. The lowest BCUT2D eigenvalue weighted by molar-refractivity contribution is 0.147. The number of nitrogens with zero attached hydrogens (tertiary/aromatic N) is 1. The normalized spacial score (nSPS) is 10.1. The third-order valence-corrected chi connectivity index (χ3v) is 2.14. The third kappa shape index (κ3) is 4.96. The number of hydrogen-bond acceptors (Lipinski definition) is 3. The number of amides is 1. The Morgan fingerprint density at radius 2 is 2.33 bits per heavy atom. The highest BCUT2D eigenvalue weighted by atomic mass is 127. The van der Waals surface area contributed by atoms with Gasteiger partial charge in [-0.1, -0.05) is 13.8 Å². The Morgan fingerprint density at radius 1 is 1.60 bits per heavy atom. The zero-order chi connectivity index (χ0) is 11.3. The molecule has 1 aromatic rings. The van der Waals surface area contributed by atoms with E-state index in [1.807, 2.05) is 19.9 Å². The summed E-state index contributed by atoms with van der Waals surface area (Å²) in [7, 11) is 0. The Kier molecular flexibility index (Phi) is 4.80. The molecule has 0 atom stereocenters. The monoisotopic (exact) mass is 320 g/mol. The maximum absolute atomic E-state index is 11.2. The van der Waals surface area contributed by atoms with Crippen molar-refractivity contribution in [3.63, 3.8) is 0 Å². The van der Waals surface area contributed by atoms with Gasteiger partial charge in [-0.3, -0.25) is 5.32 Å². The first-order valence-electron chi connectivity index (χ1n) is 4.63. The van der Waals surface area contributed by atoms with Crippen molar-refractivity contribution in [1.29, 1.82) is 0 Å². The van der Waals surface area contributed by atoms with E-state index in [1.54, 1.807) is 12.3 Å². The van der Waals surface area contributed by atoms with Gasteiger partial charge in [-0.05, 0) is 40.6 Å². The van der Waals surface area contributed by atoms with Crippen LogP contribution < -0.4 is 5.32 Å². The molecule has 0 fully saturated rings. The number of rotatable bonds is 3. The molecule has 15 heavy (non-hydrogen) atoms. The second kappa shape index (κ2) is 5.89. The summed E-state index contributed by atoms with van der Waals surface area (Å²) in [5.41, 5.74) is 0. The molecule has 1 heterocycles. The van der Waals surface area contributed by atoms with Crippen molar-refractivity contribution >= 4 is 34.5 Å². The number of pyridine rings is 1. The highest BCUT2D eigenvalue weighted by Gasteiger charge is 2.04. The maximum Gasteiger partial charge on any atom is 0.412 e. The van der Waals surface area contributed by atoms with Crippen LogP contribution in [0.4, 0.5) is 10.6 Å². The molecule has 0 radical (unpaired) electrons. The van der Waals surface area contributed by atoms with Gasteiger partial charge in [-0.25, -0.2) is 9.78 Å². The van der Waals surface area contributed by atoms with Crippen LogP contribution in [0.1, 0.15) is 13.8 Å². The molecule has 0 saturated heterocycles. The molecule has 0 aliphatic carbocycles. The SMILES string of the molecule is CC(C)COC(=O)Nc1ccc(I)cn1. The molecule has 0 aliphatic heterocycles. The van der Waals surface area contributed by atoms with Crippen LogP contribution in [0, 0.1) is 9.49 Å². The zero-order valence-electron chi connectivity index (χ0n) is 8.66. The van der Waals surface area contributed by atoms with Gasteiger partial charge in [-0.2, -0.15) is 0 Å². The number of aromatic nitrogens is 1. The fourth-order valence-corrected chi connectivity index (χ4v) is 1.15. The first-order chi connectivity index (χ1) is 7.08. The molecule has 1 N–H and O–H groups in total. The predicted molar refractivity (Wildman–Crippen MR) is 66.8 cm³/mol. The number of anilines is 1. The highest BCUT2D eigenvalue weighted by molar-refractivity contribution is 14.1. The first-order valence-corrected chi connectivity index (χ1v) is 5.71. The van der Waals surface area contributed by atoms with Gasteiger partial charge in [0.1, 0.15) is 5.82 Å². The second-order valence-corrected chi connectivity index (χ2v) is 4.72. The topological polar surface area (TPSA) is 51.2 Å². The summed E-state index contributed by atoms with van der Waals surface area (Å²) in [6, 6.07) is 3.60. The van der Waals surface area contributed by atoms with Crippen molar-refractivity contribution in [2.45, 2.75) is 13.8 Å². The summed E-state index contributed by atoms with van der Waals surface area (Å²) >= 11 is 2.15. The number of halogens is 1. The van der Waals surface area contributed by atoms with Crippen LogP contribution in [0.3, 0.4) is 0 Å². The summed E-state index contributed by atoms with van der Waals surface area (Å²) in [5, 5.41) is 2.55. The molecule has 1 amide bonds. The highest BCUT2D eigenvalue weighted by Crippen LogP contribution is 2.07. The lowest BCUT2D eigenvalue weighted by Crippen LogP contribution is -2.17. The van der Waals surface area contributed by atoms with Crippen LogP contribution in [0.2, 0.25) is 0 Å². The van der Waals surface area contributed by atoms with E-state index in [1.165, 1.54) is 0 Å². The first kappa shape index (κ1) is 12.2. The van der Waals surface area contributed by atoms with E-state index in [9.17, 15) is 4.79 Å². The third-order valence-electron chi connectivity index (χ3n) is 1.51. The van der Waals surface area contributed by atoms with Gasteiger partial charge in [-0.15, -0.1) is 0 Å². The van der Waals surface area contributed by atoms with Crippen LogP contribution >= 0.6 is 22.6 Å². The second-order valence-electron chi connectivity index (χ2n) is 3.48. The number of ether oxygens (including phenoxy) is 1. The van der Waals surface area contributed by atoms with Gasteiger partial charge in [0, 0.05) is 9.77 Å². The van der Waals surface area contributed by atoms with Gasteiger partial charge >= 0.3 is 6.09 Å². The molecule has 4 nitrogen and oxygen atoms in total. The smallest absolute Gasteiger partial charge is 0.412 e. The van der Waals surface area contributed by atoms with Gasteiger partial charge in [0.2, 0.25) is 0 Å². The van der Waals surface area contributed by atoms with Crippen LogP contribution in [-0.2, 0) is 4.74 Å². The summed E-state index contributed by atoms with van der Waals surface area (Å²) in [6.45, 7) is 4.38.